The highest BCUT2D eigenvalue weighted by atomic mass is 32.1. The highest BCUT2D eigenvalue weighted by molar-refractivity contribution is 7.15. The fourth-order valence-electron chi connectivity index (χ4n) is 2.88. The fraction of sp³-hybridized carbons (Fsp3) is 0.150. The first-order chi connectivity index (χ1) is 13.6. The minimum Gasteiger partial charge on any atom is -0.493 e. The quantitative estimate of drug-likeness (QED) is 0.517. The molecule has 7 nitrogen and oxygen atoms in total. The van der Waals surface area contributed by atoms with Crippen LogP contribution in [-0.2, 0) is 0 Å². The van der Waals surface area contributed by atoms with E-state index < -0.39 is 0 Å². The summed E-state index contributed by atoms with van der Waals surface area (Å²) in [6.07, 6.45) is 1.76. The first-order valence-corrected chi connectivity index (χ1v) is 9.23. The summed E-state index contributed by atoms with van der Waals surface area (Å²) < 4.78 is 17.9. The Morgan fingerprint density at radius 2 is 1.68 bits per heavy atom. The number of hydrogen-bond donors (Lipinski definition) is 0. The second-order valence-corrected chi connectivity index (χ2v) is 6.88. The lowest BCUT2D eigenvalue weighted by Crippen LogP contribution is -2.23. The minimum atomic E-state index is -0.219. The summed E-state index contributed by atoms with van der Waals surface area (Å²) >= 11 is 1.28. The number of methoxy groups -OCH3 is 3. The molecule has 0 saturated carbocycles. The SMILES string of the molecule is COc1cc(C=c2sc3nc(-c4ccccc4)nn3c2=O)cc(OC)c1OC. The van der Waals surface area contributed by atoms with Crippen LogP contribution in [0.25, 0.3) is 22.4 Å². The first-order valence-electron chi connectivity index (χ1n) is 8.41. The molecule has 0 unspecified atom stereocenters. The normalized spacial score (nSPS) is 11.8. The summed E-state index contributed by atoms with van der Waals surface area (Å²) in [4.78, 5) is 17.8. The Hall–Kier alpha value is -3.39. The summed E-state index contributed by atoms with van der Waals surface area (Å²) in [5.74, 6) is 2.07. The van der Waals surface area contributed by atoms with Crippen molar-refractivity contribution in [1.29, 1.82) is 0 Å². The zero-order chi connectivity index (χ0) is 19.7. The van der Waals surface area contributed by atoms with Crippen LogP contribution in [0.1, 0.15) is 5.56 Å². The van der Waals surface area contributed by atoms with E-state index in [1.807, 2.05) is 30.3 Å². The van der Waals surface area contributed by atoms with E-state index in [0.717, 1.165) is 11.1 Å². The largest absolute Gasteiger partial charge is 0.493 e. The number of fused-ring (bicyclic) bond motifs is 1. The second kappa shape index (κ2) is 7.32. The average Bonchev–Trinajstić information content (AvgIpc) is 3.27. The Labute approximate surface area is 164 Å². The number of thiazole rings is 1. The van der Waals surface area contributed by atoms with E-state index in [2.05, 4.69) is 10.1 Å². The predicted octanol–water partition coefficient (Wildman–Crippen LogP) is 2.39. The highest BCUT2D eigenvalue weighted by Crippen LogP contribution is 2.38. The number of ether oxygens (including phenoxy) is 3. The van der Waals surface area contributed by atoms with E-state index in [1.54, 1.807) is 39.5 Å². The number of nitrogens with zero attached hydrogens (tertiary/aromatic N) is 3. The third-order valence-electron chi connectivity index (χ3n) is 4.20. The molecular weight excluding hydrogens is 378 g/mol. The van der Waals surface area contributed by atoms with Gasteiger partial charge in [0.05, 0.1) is 25.9 Å². The standard InChI is InChI=1S/C20H17N3O4S/c1-25-14-9-12(10-15(26-2)17(14)27-3)11-16-19(24)23-20(28-16)21-18(22-23)13-7-5-4-6-8-13/h4-11H,1-3H3. The summed E-state index contributed by atoms with van der Waals surface area (Å²) in [6.45, 7) is 0. The molecular formula is C20H17N3O4S. The Bertz CT molecular complexity index is 1220. The van der Waals surface area contributed by atoms with Crippen LogP contribution in [0.3, 0.4) is 0 Å². The molecule has 2 aromatic carbocycles. The molecule has 0 saturated heterocycles. The Morgan fingerprint density at radius 3 is 2.25 bits per heavy atom. The Kier molecular flexibility index (Phi) is 4.70. The molecule has 0 aliphatic rings. The molecule has 0 aliphatic carbocycles. The van der Waals surface area contributed by atoms with Gasteiger partial charge in [-0.1, -0.05) is 41.7 Å². The molecule has 0 N–H and O–H groups in total. The van der Waals surface area contributed by atoms with Crippen LogP contribution in [0.4, 0.5) is 0 Å². The van der Waals surface area contributed by atoms with Crippen molar-refractivity contribution in [3.63, 3.8) is 0 Å². The molecule has 0 atom stereocenters. The summed E-state index contributed by atoms with van der Waals surface area (Å²) in [5, 5.41) is 4.35. The van der Waals surface area contributed by atoms with E-state index in [1.165, 1.54) is 15.9 Å². The van der Waals surface area contributed by atoms with Crippen LogP contribution in [0.5, 0.6) is 17.2 Å². The molecule has 4 rings (SSSR count). The van der Waals surface area contributed by atoms with E-state index in [-0.39, 0.29) is 5.56 Å². The lowest BCUT2D eigenvalue weighted by atomic mass is 10.1. The molecule has 28 heavy (non-hydrogen) atoms. The van der Waals surface area contributed by atoms with Crippen LogP contribution in [0.2, 0.25) is 0 Å². The number of aromatic nitrogens is 3. The molecule has 0 spiro atoms. The van der Waals surface area contributed by atoms with Gasteiger partial charge in [0.2, 0.25) is 10.7 Å². The molecule has 0 radical (unpaired) electrons. The van der Waals surface area contributed by atoms with Crippen LogP contribution < -0.4 is 24.3 Å². The molecule has 4 aromatic rings. The number of benzene rings is 2. The van der Waals surface area contributed by atoms with E-state index in [4.69, 9.17) is 14.2 Å². The van der Waals surface area contributed by atoms with Gasteiger partial charge in [-0.3, -0.25) is 4.79 Å². The molecule has 0 bridgehead atoms. The molecule has 8 heteroatoms. The van der Waals surface area contributed by atoms with Crippen molar-refractivity contribution < 1.29 is 14.2 Å². The van der Waals surface area contributed by atoms with E-state index in [0.29, 0.717) is 32.6 Å². The smallest absolute Gasteiger partial charge is 0.291 e. The minimum absolute atomic E-state index is 0.219. The van der Waals surface area contributed by atoms with Gasteiger partial charge in [-0.2, -0.15) is 9.50 Å². The van der Waals surface area contributed by atoms with Crippen LogP contribution in [0, 0.1) is 0 Å². The van der Waals surface area contributed by atoms with Crippen molar-refractivity contribution in [3.05, 3.63) is 62.9 Å². The monoisotopic (exact) mass is 395 g/mol. The van der Waals surface area contributed by atoms with Crippen molar-refractivity contribution in [2.75, 3.05) is 21.3 Å². The fourth-order valence-corrected chi connectivity index (χ4v) is 3.79. The van der Waals surface area contributed by atoms with Gasteiger partial charge in [0.25, 0.3) is 5.56 Å². The molecule has 0 amide bonds. The lowest BCUT2D eigenvalue weighted by Gasteiger charge is -2.12. The maximum Gasteiger partial charge on any atom is 0.291 e. The van der Waals surface area contributed by atoms with Gasteiger partial charge in [0, 0.05) is 5.56 Å². The van der Waals surface area contributed by atoms with Crippen molar-refractivity contribution >= 4 is 22.4 Å². The zero-order valence-corrected chi connectivity index (χ0v) is 16.3. The summed E-state index contributed by atoms with van der Waals surface area (Å²) in [6, 6.07) is 13.1. The summed E-state index contributed by atoms with van der Waals surface area (Å²) in [5.41, 5.74) is 1.40. The predicted molar refractivity (Wildman–Crippen MR) is 107 cm³/mol. The van der Waals surface area contributed by atoms with Crippen LogP contribution >= 0.6 is 11.3 Å². The van der Waals surface area contributed by atoms with E-state index in [9.17, 15) is 4.79 Å². The van der Waals surface area contributed by atoms with Gasteiger partial charge in [-0.25, -0.2) is 0 Å². The molecule has 142 valence electrons. The van der Waals surface area contributed by atoms with Gasteiger partial charge in [0.15, 0.2) is 17.3 Å². The van der Waals surface area contributed by atoms with Gasteiger partial charge in [-0.15, -0.1) is 5.10 Å². The maximum absolute atomic E-state index is 12.8. The average molecular weight is 395 g/mol. The van der Waals surface area contributed by atoms with Gasteiger partial charge in [-0.05, 0) is 23.8 Å². The van der Waals surface area contributed by atoms with Crippen LogP contribution in [-0.4, -0.2) is 35.9 Å². The zero-order valence-electron chi connectivity index (χ0n) is 15.5. The maximum atomic E-state index is 12.8. The molecule has 2 heterocycles. The lowest BCUT2D eigenvalue weighted by molar-refractivity contribution is 0.324. The number of rotatable bonds is 5. The molecule has 2 aromatic heterocycles. The second-order valence-electron chi connectivity index (χ2n) is 5.87. The van der Waals surface area contributed by atoms with Crippen molar-refractivity contribution in [2.45, 2.75) is 0 Å². The first kappa shape index (κ1) is 18.0. The Morgan fingerprint density at radius 1 is 1.00 bits per heavy atom. The topological polar surface area (TPSA) is 75.0 Å². The van der Waals surface area contributed by atoms with Crippen molar-refractivity contribution in [2.24, 2.45) is 0 Å². The highest BCUT2D eigenvalue weighted by Gasteiger charge is 2.14. The van der Waals surface area contributed by atoms with Gasteiger partial charge < -0.3 is 14.2 Å². The molecule has 0 aliphatic heterocycles. The van der Waals surface area contributed by atoms with Crippen molar-refractivity contribution in [3.8, 4) is 28.6 Å². The third kappa shape index (κ3) is 3.07. The summed E-state index contributed by atoms with van der Waals surface area (Å²) in [7, 11) is 4.65. The van der Waals surface area contributed by atoms with Gasteiger partial charge in [0.1, 0.15) is 0 Å². The Balaban J connectivity index is 1.81. The third-order valence-corrected chi connectivity index (χ3v) is 5.16. The van der Waals surface area contributed by atoms with Gasteiger partial charge >= 0.3 is 0 Å². The van der Waals surface area contributed by atoms with Crippen molar-refractivity contribution in [1.82, 2.24) is 14.6 Å². The molecule has 0 fully saturated rings. The van der Waals surface area contributed by atoms with Crippen LogP contribution in [0.15, 0.2) is 47.3 Å². The van der Waals surface area contributed by atoms with E-state index >= 15 is 0 Å². The number of hydrogen-bond acceptors (Lipinski definition) is 7.